The average Bonchev–Trinajstić information content (AvgIpc) is 3.29. The Bertz CT molecular complexity index is 1660. The Labute approximate surface area is 208 Å². The van der Waals surface area contributed by atoms with Gasteiger partial charge in [0.25, 0.3) is 0 Å². The van der Waals surface area contributed by atoms with E-state index < -0.39 is 23.1 Å². The molecule has 2 heterocycles. The Morgan fingerprint density at radius 1 is 1.06 bits per heavy atom. The molecule has 1 aliphatic rings. The number of fused-ring (bicyclic) bond motifs is 3. The molecule has 0 radical (unpaired) electrons. The minimum absolute atomic E-state index is 0.0264. The molecule has 1 fully saturated rings. The minimum Gasteiger partial charge on any atom is -0.462 e. The van der Waals surface area contributed by atoms with Crippen LogP contribution in [-0.4, -0.2) is 20.4 Å². The molecule has 2 atom stereocenters. The van der Waals surface area contributed by atoms with E-state index in [-0.39, 0.29) is 38.9 Å². The maximum absolute atomic E-state index is 15.4. The van der Waals surface area contributed by atoms with Gasteiger partial charge in [-0.1, -0.05) is 36.4 Å². The van der Waals surface area contributed by atoms with E-state index in [4.69, 9.17) is 9.15 Å². The van der Waals surface area contributed by atoms with Crippen molar-refractivity contribution in [3.05, 3.63) is 99.9 Å². The lowest BCUT2D eigenvalue weighted by molar-refractivity contribution is 0.111. The van der Waals surface area contributed by atoms with Gasteiger partial charge in [-0.05, 0) is 60.5 Å². The van der Waals surface area contributed by atoms with Gasteiger partial charge in [0.1, 0.15) is 16.9 Å². The van der Waals surface area contributed by atoms with E-state index in [2.05, 4.69) is 0 Å². The SMILES string of the molecule is Cc1ccc(-n2c(=O)n(SC3CC3COCc3ccccc3)c3c4occc4c(F)c(F)c32)c(F)c1. The molecule has 0 N–H and O–H groups in total. The second-order valence-corrected chi connectivity index (χ2v) is 10.2. The van der Waals surface area contributed by atoms with Crippen molar-refractivity contribution in [2.45, 2.75) is 25.2 Å². The Morgan fingerprint density at radius 2 is 1.86 bits per heavy atom. The molecule has 5 nitrogen and oxygen atoms in total. The van der Waals surface area contributed by atoms with Crippen LogP contribution in [0.3, 0.4) is 0 Å². The highest BCUT2D eigenvalue weighted by molar-refractivity contribution is 7.98. The second kappa shape index (κ2) is 8.90. The van der Waals surface area contributed by atoms with Crippen LogP contribution in [0.1, 0.15) is 17.5 Å². The van der Waals surface area contributed by atoms with Crippen LogP contribution in [0.2, 0.25) is 0 Å². The van der Waals surface area contributed by atoms with Crippen molar-refractivity contribution in [2.24, 2.45) is 5.92 Å². The first-order valence-electron chi connectivity index (χ1n) is 11.5. The first-order valence-corrected chi connectivity index (χ1v) is 12.3. The highest BCUT2D eigenvalue weighted by Crippen LogP contribution is 2.44. The maximum Gasteiger partial charge on any atom is 0.344 e. The summed E-state index contributed by atoms with van der Waals surface area (Å²) < 4.78 is 58.7. The van der Waals surface area contributed by atoms with Gasteiger partial charge >= 0.3 is 5.69 Å². The summed E-state index contributed by atoms with van der Waals surface area (Å²) in [6, 6.07) is 15.4. The van der Waals surface area contributed by atoms with Gasteiger partial charge in [-0.25, -0.2) is 21.9 Å². The summed E-state index contributed by atoms with van der Waals surface area (Å²) in [5.74, 6) is -2.89. The number of nitrogens with zero attached hydrogens (tertiary/aromatic N) is 2. The molecule has 2 unspecified atom stereocenters. The quantitative estimate of drug-likeness (QED) is 0.256. The van der Waals surface area contributed by atoms with Gasteiger partial charge in [-0.15, -0.1) is 0 Å². The van der Waals surface area contributed by atoms with E-state index in [1.807, 2.05) is 30.3 Å². The molecule has 36 heavy (non-hydrogen) atoms. The monoisotopic (exact) mass is 510 g/mol. The third-order valence-electron chi connectivity index (χ3n) is 6.42. The third-order valence-corrected chi connectivity index (χ3v) is 7.82. The molecule has 1 aliphatic carbocycles. The largest absolute Gasteiger partial charge is 0.462 e. The minimum atomic E-state index is -1.23. The summed E-state index contributed by atoms with van der Waals surface area (Å²) in [4.78, 5) is 13.6. The fraction of sp³-hybridized carbons (Fsp3) is 0.222. The zero-order chi connectivity index (χ0) is 25.0. The zero-order valence-electron chi connectivity index (χ0n) is 19.2. The van der Waals surface area contributed by atoms with E-state index in [1.54, 1.807) is 13.0 Å². The van der Waals surface area contributed by atoms with Crippen LogP contribution in [0, 0.1) is 30.3 Å². The van der Waals surface area contributed by atoms with Gasteiger partial charge in [-0.2, -0.15) is 0 Å². The Hall–Kier alpha value is -3.43. The molecule has 0 saturated heterocycles. The Balaban J connectivity index is 1.38. The standard InChI is InChI=1S/C27H21F3N2O3S/c1-15-7-8-20(19(28)11-15)31-24-23(30)22(29)18-9-10-35-26(18)25(24)32(27(31)33)36-21-12-17(21)14-34-13-16-5-3-2-4-6-16/h2-11,17,21H,12-14H2,1H3. The molecule has 5 aromatic rings. The van der Waals surface area contributed by atoms with Crippen LogP contribution in [0.5, 0.6) is 0 Å². The highest BCUT2D eigenvalue weighted by atomic mass is 32.2. The number of rotatable bonds is 7. The molecule has 0 amide bonds. The summed E-state index contributed by atoms with van der Waals surface area (Å²) in [6.45, 7) is 2.69. The summed E-state index contributed by atoms with van der Waals surface area (Å²) >= 11 is 1.21. The lowest BCUT2D eigenvalue weighted by Gasteiger charge is -2.07. The van der Waals surface area contributed by atoms with Crippen molar-refractivity contribution >= 4 is 34.0 Å². The summed E-state index contributed by atoms with van der Waals surface area (Å²) in [7, 11) is 0. The van der Waals surface area contributed by atoms with Crippen LogP contribution in [-0.2, 0) is 11.3 Å². The molecule has 0 aliphatic heterocycles. The summed E-state index contributed by atoms with van der Waals surface area (Å²) in [5.41, 5.74) is 0.636. The number of ether oxygens (including phenoxy) is 1. The molecule has 1 saturated carbocycles. The van der Waals surface area contributed by atoms with E-state index in [0.717, 1.165) is 16.6 Å². The molecular weight excluding hydrogens is 489 g/mol. The van der Waals surface area contributed by atoms with E-state index >= 15 is 4.39 Å². The first kappa shape index (κ1) is 23.0. The number of aromatic nitrogens is 2. The molecule has 3 aromatic carbocycles. The van der Waals surface area contributed by atoms with Crippen molar-refractivity contribution in [2.75, 3.05) is 6.61 Å². The summed E-state index contributed by atoms with van der Waals surface area (Å²) in [5, 5.41) is -0.0482. The second-order valence-electron chi connectivity index (χ2n) is 9.00. The predicted molar refractivity (Wildman–Crippen MR) is 133 cm³/mol. The van der Waals surface area contributed by atoms with Gasteiger partial charge in [-0.3, -0.25) is 4.57 Å². The third kappa shape index (κ3) is 3.83. The van der Waals surface area contributed by atoms with Crippen LogP contribution in [0.4, 0.5) is 13.2 Å². The van der Waals surface area contributed by atoms with Gasteiger partial charge in [0.15, 0.2) is 17.2 Å². The van der Waals surface area contributed by atoms with Crippen LogP contribution >= 0.6 is 11.9 Å². The van der Waals surface area contributed by atoms with Gasteiger partial charge in [0.2, 0.25) is 0 Å². The summed E-state index contributed by atoms with van der Waals surface area (Å²) in [6.07, 6.45) is 2.04. The lowest BCUT2D eigenvalue weighted by atomic mass is 10.2. The highest BCUT2D eigenvalue weighted by Gasteiger charge is 2.40. The molecule has 0 spiro atoms. The number of imidazole rings is 1. The van der Waals surface area contributed by atoms with Crippen molar-refractivity contribution in [3.8, 4) is 5.69 Å². The molecule has 6 rings (SSSR count). The van der Waals surface area contributed by atoms with Gasteiger partial charge in [0, 0.05) is 5.25 Å². The van der Waals surface area contributed by atoms with E-state index in [1.165, 1.54) is 40.4 Å². The number of furan rings is 1. The predicted octanol–water partition coefficient (Wildman–Crippen LogP) is 6.37. The molecular formula is C27H21F3N2O3S. The van der Waals surface area contributed by atoms with Crippen LogP contribution < -0.4 is 5.69 Å². The Morgan fingerprint density at radius 3 is 2.64 bits per heavy atom. The van der Waals surface area contributed by atoms with E-state index in [9.17, 15) is 13.6 Å². The topological polar surface area (TPSA) is 49.3 Å². The number of aryl methyl sites for hydroxylation is 1. The average molecular weight is 511 g/mol. The number of hydrogen-bond donors (Lipinski definition) is 0. The maximum atomic E-state index is 15.4. The van der Waals surface area contributed by atoms with E-state index in [0.29, 0.717) is 18.8 Å². The number of benzene rings is 3. The first-order chi connectivity index (χ1) is 17.4. The lowest BCUT2D eigenvalue weighted by Crippen LogP contribution is -2.21. The van der Waals surface area contributed by atoms with Gasteiger partial charge < -0.3 is 9.15 Å². The molecule has 9 heteroatoms. The van der Waals surface area contributed by atoms with Crippen molar-refractivity contribution < 1.29 is 22.3 Å². The van der Waals surface area contributed by atoms with Crippen molar-refractivity contribution in [3.63, 3.8) is 0 Å². The fourth-order valence-electron chi connectivity index (χ4n) is 4.45. The normalized spacial score (nSPS) is 17.3. The molecule has 2 aromatic heterocycles. The fourth-order valence-corrected chi connectivity index (χ4v) is 5.75. The van der Waals surface area contributed by atoms with Crippen molar-refractivity contribution in [1.82, 2.24) is 8.54 Å². The number of halogens is 3. The van der Waals surface area contributed by atoms with Gasteiger partial charge in [0.05, 0.1) is 30.6 Å². The van der Waals surface area contributed by atoms with Crippen LogP contribution in [0.25, 0.3) is 27.7 Å². The van der Waals surface area contributed by atoms with Crippen LogP contribution in [0.15, 0.2) is 70.1 Å². The molecule has 184 valence electrons. The zero-order valence-corrected chi connectivity index (χ0v) is 20.0. The number of hydrogen-bond acceptors (Lipinski definition) is 4. The van der Waals surface area contributed by atoms with Crippen molar-refractivity contribution in [1.29, 1.82) is 0 Å². The molecule has 0 bridgehead atoms. The Kier molecular flexibility index (Phi) is 5.69. The smallest absolute Gasteiger partial charge is 0.344 e.